The number of nitrogens with two attached hydrogens (primary N) is 1. The number of aromatic nitrogens is 2. The maximum atomic E-state index is 12.6. The third-order valence-electron chi connectivity index (χ3n) is 4.24. The van der Waals surface area contributed by atoms with E-state index >= 15 is 0 Å². The first-order valence-corrected chi connectivity index (χ1v) is 8.68. The Morgan fingerprint density at radius 1 is 1.03 bits per heavy atom. The monoisotopic (exact) mass is 402 g/mol. The molecule has 0 unspecified atom stereocenters. The molecular formula is C20H17F3N4O2. The average Bonchev–Trinajstić information content (AvgIpc) is 2.67. The lowest BCUT2D eigenvalue weighted by molar-refractivity contribution is -0.137. The van der Waals surface area contributed by atoms with Crippen LogP contribution < -0.4 is 11.1 Å². The van der Waals surface area contributed by atoms with Crippen LogP contribution in [0.1, 0.15) is 16.8 Å². The number of hydrogen-bond acceptors (Lipinski definition) is 4. The number of halogens is 3. The van der Waals surface area contributed by atoms with E-state index in [-0.39, 0.29) is 12.8 Å². The van der Waals surface area contributed by atoms with Gasteiger partial charge in [-0.15, -0.1) is 0 Å². The molecule has 1 atom stereocenters. The summed E-state index contributed by atoms with van der Waals surface area (Å²) in [5, 5.41) is 2.50. The highest BCUT2D eigenvalue weighted by Gasteiger charge is 2.30. The van der Waals surface area contributed by atoms with E-state index in [1.54, 1.807) is 18.2 Å². The number of primary amides is 1. The molecule has 1 aromatic heterocycles. The molecule has 0 saturated heterocycles. The van der Waals surface area contributed by atoms with Gasteiger partial charge in [-0.25, -0.2) is 4.98 Å². The van der Waals surface area contributed by atoms with Gasteiger partial charge in [0.1, 0.15) is 6.04 Å². The van der Waals surface area contributed by atoms with Gasteiger partial charge in [0.25, 0.3) is 0 Å². The number of fused-ring (bicyclic) bond motifs is 1. The summed E-state index contributed by atoms with van der Waals surface area (Å²) >= 11 is 0. The molecule has 0 aliphatic rings. The smallest absolute Gasteiger partial charge is 0.368 e. The third kappa shape index (κ3) is 5.28. The van der Waals surface area contributed by atoms with Crippen molar-refractivity contribution in [3.63, 3.8) is 0 Å². The first-order chi connectivity index (χ1) is 13.7. The number of rotatable bonds is 6. The van der Waals surface area contributed by atoms with Gasteiger partial charge in [-0.3, -0.25) is 14.6 Å². The minimum atomic E-state index is -4.45. The Balaban J connectivity index is 1.66. The number of amides is 2. The van der Waals surface area contributed by atoms with Gasteiger partial charge < -0.3 is 11.1 Å². The highest BCUT2D eigenvalue weighted by Crippen LogP contribution is 2.29. The maximum Gasteiger partial charge on any atom is 0.416 e. The molecule has 3 N–H and O–H groups in total. The number of carbonyl (C=O) groups excluding carboxylic acids is 2. The summed E-state index contributed by atoms with van der Waals surface area (Å²) < 4.78 is 37.8. The van der Waals surface area contributed by atoms with Crippen LogP contribution in [-0.4, -0.2) is 27.8 Å². The highest BCUT2D eigenvalue weighted by molar-refractivity contribution is 5.87. The molecule has 0 aliphatic carbocycles. The molecule has 150 valence electrons. The van der Waals surface area contributed by atoms with Gasteiger partial charge in [-0.2, -0.15) is 13.2 Å². The molecular weight excluding hydrogens is 385 g/mol. The number of benzene rings is 2. The van der Waals surface area contributed by atoms with Crippen molar-refractivity contribution in [1.82, 2.24) is 15.3 Å². The molecule has 0 spiro atoms. The zero-order chi connectivity index (χ0) is 21.0. The fourth-order valence-electron chi connectivity index (χ4n) is 2.77. The van der Waals surface area contributed by atoms with Gasteiger partial charge in [-0.1, -0.05) is 24.3 Å². The molecule has 2 amide bonds. The standard InChI is InChI=1S/C20H17F3N4O2/c21-20(22,23)13-7-5-12(6-8-13)9-18(28)27-17(19(24)29)10-14-11-25-15-3-1-2-4-16(15)26-14/h1-8,11,17H,9-10H2,(H2,24,29)(H,27,28)/t17-/m0/s1. The lowest BCUT2D eigenvalue weighted by Gasteiger charge is -2.15. The van der Waals surface area contributed by atoms with Crippen LogP contribution in [0.2, 0.25) is 0 Å². The van der Waals surface area contributed by atoms with Crippen LogP contribution in [0, 0.1) is 0 Å². The summed E-state index contributed by atoms with van der Waals surface area (Å²) in [6.45, 7) is 0. The molecule has 0 saturated carbocycles. The van der Waals surface area contributed by atoms with Crippen molar-refractivity contribution in [3.05, 3.63) is 71.5 Å². The van der Waals surface area contributed by atoms with Crippen LogP contribution >= 0.6 is 0 Å². The van der Waals surface area contributed by atoms with E-state index in [9.17, 15) is 22.8 Å². The van der Waals surface area contributed by atoms with E-state index in [0.29, 0.717) is 22.3 Å². The van der Waals surface area contributed by atoms with Crippen molar-refractivity contribution in [2.75, 3.05) is 0 Å². The Morgan fingerprint density at radius 3 is 2.31 bits per heavy atom. The summed E-state index contributed by atoms with van der Waals surface area (Å²) in [6.07, 6.45) is -3.09. The minimum Gasteiger partial charge on any atom is -0.368 e. The van der Waals surface area contributed by atoms with Crippen molar-refractivity contribution < 1.29 is 22.8 Å². The van der Waals surface area contributed by atoms with Crippen LogP contribution in [0.15, 0.2) is 54.7 Å². The SMILES string of the molecule is NC(=O)[C@H](Cc1cnc2ccccc2n1)NC(=O)Cc1ccc(C(F)(F)F)cc1. The van der Waals surface area contributed by atoms with Gasteiger partial charge >= 0.3 is 6.18 Å². The van der Waals surface area contributed by atoms with Gasteiger partial charge in [0.05, 0.1) is 28.7 Å². The van der Waals surface area contributed by atoms with Gasteiger partial charge in [-0.05, 0) is 29.8 Å². The Hall–Kier alpha value is -3.49. The summed E-state index contributed by atoms with van der Waals surface area (Å²) in [7, 11) is 0. The van der Waals surface area contributed by atoms with Crippen LogP contribution in [0.4, 0.5) is 13.2 Å². The van der Waals surface area contributed by atoms with Gasteiger partial charge in [0.2, 0.25) is 11.8 Å². The first kappa shape index (κ1) is 20.2. The highest BCUT2D eigenvalue weighted by atomic mass is 19.4. The maximum absolute atomic E-state index is 12.6. The second-order valence-electron chi connectivity index (χ2n) is 6.45. The zero-order valence-corrected chi connectivity index (χ0v) is 15.1. The molecule has 1 heterocycles. The summed E-state index contributed by atoms with van der Waals surface area (Å²) in [5.41, 5.74) is 6.77. The van der Waals surface area contributed by atoms with Crippen molar-refractivity contribution in [3.8, 4) is 0 Å². The molecule has 3 aromatic rings. The quantitative estimate of drug-likeness (QED) is 0.662. The van der Waals surface area contributed by atoms with E-state index in [0.717, 1.165) is 12.1 Å². The zero-order valence-electron chi connectivity index (χ0n) is 15.1. The largest absolute Gasteiger partial charge is 0.416 e. The topological polar surface area (TPSA) is 98.0 Å². The van der Waals surface area contributed by atoms with E-state index in [2.05, 4.69) is 15.3 Å². The number of nitrogens with one attached hydrogen (secondary N) is 1. The van der Waals surface area contributed by atoms with Crippen LogP contribution in [-0.2, 0) is 28.6 Å². The fourth-order valence-corrected chi connectivity index (χ4v) is 2.77. The van der Waals surface area contributed by atoms with Crippen molar-refractivity contribution in [2.24, 2.45) is 5.73 Å². The Kier molecular flexibility index (Phi) is 5.76. The molecule has 0 bridgehead atoms. The molecule has 29 heavy (non-hydrogen) atoms. The van der Waals surface area contributed by atoms with Crippen LogP contribution in [0.3, 0.4) is 0 Å². The van der Waals surface area contributed by atoms with Gasteiger partial charge in [0.15, 0.2) is 0 Å². The summed E-state index contributed by atoms with van der Waals surface area (Å²) in [6, 6.07) is 10.4. The first-order valence-electron chi connectivity index (χ1n) is 8.68. The molecule has 9 heteroatoms. The normalized spacial score (nSPS) is 12.5. The van der Waals surface area contributed by atoms with Crippen molar-refractivity contribution in [1.29, 1.82) is 0 Å². The van der Waals surface area contributed by atoms with Crippen LogP contribution in [0.5, 0.6) is 0 Å². The number of alkyl halides is 3. The second kappa shape index (κ2) is 8.26. The molecule has 0 aliphatic heterocycles. The predicted octanol–water partition coefficient (Wildman–Crippen LogP) is 2.40. The Bertz CT molecular complexity index is 1040. The van der Waals surface area contributed by atoms with E-state index in [4.69, 9.17) is 5.73 Å². The molecule has 0 radical (unpaired) electrons. The summed E-state index contributed by atoms with van der Waals surface area (Å²) in [4.78, 5) is 32.6. The van der Waals surface area contributed by atoms with Crippen LogP contribution in [0.25, 0.3) is 11.0 Å². The fraction of sp³-hybridized carbons (Fsp3) is 0.200. The lowest BCUT2D eigenvalue weighted by Crippen LogP contribution is -2.46. The number of nitrogens with zero attached hydrogens (tertiary/aromatic N) is 2. The molecule has 3 rings (SSSR count). The third-order valence-corrected chi connectivity index (χ3v) is 4.24. The van der Waals surface area contributed by atoms with Gasteiger partial charge in [0, 0.05) is 12.6 Å². The number of para-hydroxylation sites is 2. The predicted molar refractivity (Wildman–Crippen MR) is 99.5 cm³/mol. The van der Waals surface area contributed by atoms with E-state index in [1.807, 2.05) is 6.07 Å². The lowest BCUT2D eigenvalue weighted by atomic mass is 10.1. The summed E-state index contributed by atoms with van der Waals surface area (Å²) in [5.74, 6) is -1.29. The molecule has 2 aromatic carbocycles. The van der Waals surface area contributed by atoms with E-state index in [1.165, 1.54) is 18.3 Å². The van der Waals surface area contributed by atoms with E-state index < -0.39 is 29.6 Å². The number of hydrogen-bond donors (Lipinski definition) is 2. The Morgan fingerprint density at radius 2 is 1.69 bits per heavy atom. The van der Waals surface area contributed by atoms with Crippen molar-refractivity contribution >= 4 is 22.8 Å². The molecule has 6 nitrogen and oxygen atoms in total. The van der Waals surface area contributed by atoms with Crippen molar-refractivity contribution in [2.45, 2.75) is 25.1 Å². The number of carbonyl (C=O) groups is 2. The average molecular weight is 402 g/mol. The Labute approximate surface area is 164 Å². The molecule has 0 fully saturated rings. The second-order valence-corrected chi connectivity index (χ2v) is 6.45. The minimum absolute atomic E-state index is 0.0475.